The molecular formula is C24H28F2N2O5S. The van der Waals surface area contributed by atoms with Gasteiger partial charge >= 0.3 is 5.97 Å². The van der Waals surface area contributed by atoms with Gasteiger partial charge in [0.25, 0.3) is 5.91 Å². The van der Waals surface area contributed by atoms with Crippen molar-refractivity contribution in [1.29, 1.82) is 0 Å². The Morgan fingerprint density at radius 2 is 1.65 bits per heavy atom. The second-order valence-corrected chi connectivity index (χ2v) is 11.2. The molecular weight excluding hydrogens is 466 g/mol. The van der Waals surface area contributed by atoms with Gasteiger partial charge in [-0.15, -0.1) is 0 Å². The largest absolute Gasteiger partial charge is 0.455 e. The molecule has 0 radical (unpaired) electrons. The van der Waals surface area contributed by atoms with E-state index in [-0.39, 0.29) is 36.2 Å². The van der Waals surface area contributed by atoms with Gasteiger partial charge < -0.3 is 10.1 Å². The summed E-state index contributed by atoms with van der Waals surface area (Å²) in [5.41, 5.74) is 1.70. The molecule has 1 aliphatic heterocycles. The van der Waals surface area contributed by atoms with Crippen LogP contribution in [0.3, 0.4) is 0 Å². The predicted octanol–water partition coefficient (Wildman–Crippen LogP) is 3.84. The fraction of sp³-hybridized carbons (Fsp3) is 0.417. The highest BCUT2D eigenvalue weighted by atomic mass is 32.2. The lowest BCUT2D eigenvalue weighted by atomic mass is 9.87. The summed E-state index contributed by atoms with van der Waals surface area (Å²) >= 11 is 0. The summed E-state index contributed by atoms with van der Waals surface area (Å²) in [4.78, 5) is 24.1. The van der Waals surface area contributed by atoms with Crippen molar-refractivity contribution in [2.45, 2.75) is 43.9 Å². The topological polar surface area (TPSA) is 92.8 Å². The Hall–Kier alpha value is -2.85. The third-order valence-corrected chi connectivity index (χ3v) is 7.59. The van der Waals surface area contributed by atoms with E-state index in [4.69, 9.17) is 4.74 Å². The number of amides is 1. The zero-order chi connectivity index (χ0) is 25.1. The van der Waals surface area contributed by atoms with E-state index in [1.165, 1.54) is 0 Å². The quantitative estimate of drug-likeness (QED) is 0.616. The number of piperidine rings is 1. The molecule has 7 nitrogen and oxygen atoms in total. The summed E-state index contributed by atoms with van der Waals surface area (Å²) in [6.45, 7) is 5.85. The SMILES string of the molecule is CC(C)(C)c1ccc(NC(=O)COC(=O)C2CCN(S(=O)(=O)c3ccc(F)c(F)c3)CC2)cc1. The minimum Gasteiger partial charge on any atom is -0.455 e. The maximum Gasteiger partial charge on any atom is 0.309 e. The van der Waals surface area contributed by atoms with E-state index in [0.717, 1.165) is 22.0 Å². The minimum atomic E-state index is -4.01. The van der Waals surface area contributed by atoms with Crippen LogP contribution >= 0.6 is 0 Å². The van der Waals surface area contributed by atoms with Crippen LogP contribution in [0.2, 0.25) is 0 Å². The Bertz CT molecular complexity index is 1150. The molecule has 10 heteroatoms. The average Bonchev–Trinajstić information content (AvgIpc) is 2.79. The summed E-state index contributed by atoms with van der Waals surface area (Å²) < 4.78 is 58.1. The first-order chi connectivity index (χ1) is 15.9. The molecule has 3 rings (SSSR count). The van der Waals surface area contributed by atoms with Gasteiger partial charge in [-0.05, 0) is 54.2 Å². The van der Waals surface area contributed by atoms with Crippen LogP contribution in [0.5, 0.6) is 0 Å². The third-order valence-electron chi connectivity index (χ3n) is 5.70. The number of hydrogen-bond acceptors (Lipinski definition) is 5. The highest BCUT2D eigenvalue weighted by Gasteiger charge is 2.33. The Labute approximate surface area is 198 Å². The lowest BCUT2D eigenvalue weighted by Gasteiger charge is -2.30. The average molecular weight is 495 g/mol. The lowest BCUT2D eigenvalue weighted by Crippen LogP contribution is -2.41. The van der Waals surface area contributed by atoms with E-state index < -0.39 is 46.1 Å². The summed E-state index contributed by atoms with van der Waals surface area (Å²) in [6.07, 6.45) is 0.384. The zero-order valence-corrected chi connectivity index (χ0v) is 20.1. The van der Waals surface area contributed by atoms with E-state index in [2.05, 4.69) is 26.1 Å². The Morgan fingerprint density at radius 1 is 1.03 bits per heavy atom. The standard InChI is InChI=1S/C24H28F2N2O5S/c1-24(2,3)17-4-6-18(7-5-17)27-22(29)15-33-23(30)16-10-12-28(13-11-16)34(31,32)19-8-9-20(25)21(26)14-19/h4-9,14,16H,10-13,15H2,1-3H3,(H,27,29). The first-order valence-corrected chi connectivity index (χ1v) is 12.3. The second kappa shape index (κ2) is 10.2. The van der Waals surface area contributed by atoms with Crippen molar-refractivity contribution < 1.29 is 31.5 Å². The van der Waals surface area contributed by atoms with Crippen molar-refractivity contribution in [2.75, 3.05) is 25.0 Å². The fourth-order valence-electron chi connectivity index (χ4n) is 3.62. The molecule has 1 saturated heterocycles. The third kappa shape index (κ3) is 6.18. The van der Waals surface area contributed by atoms with Crippen LogP contribution < -0.4 is 5.32 Å². The van der Waals surface area contributed by atoms with Gasteiger partial charge in [-0.3, -0.25) is 9.59 Å². The molecule has 0 atom stereocenters. The number of halogens is 2. The van der Waals surface area contributed by atoms with E-state index in [9.17, 15) is 26.8 Å². The number of carbonyl (C=O) groups is 2. The van der Waals surface area contributed by atoms with Gasteiger partial charge in [0.2, 0.25) is 10.0 Å². The molecule has 2 aromatic rings. The molecule has 34 heavy (non-hydrogen) atoms. The number of esters is 1. The van der Waals surface area contributed by atoms with Gasteiger partial charge in [-0.2, -0.15) is 4.31 Å². The molecule has 1 heterocycles. The molecule has 2 aromatic carbocycles. The van der Waals surface area contributed by atoms with Crippen molar-refractivity contribution in [3.63, 3.8) is 0 Å². The van der Waals surface area contributed by atoms with Crippen molar-refractivity contribution in [3.8, 4) is 0 Å². The van der Waals surface area contributed by atoms with Gasteiger partial charge in [0.15, 0.2) is 18.2 Å². The summed E-state index contributed by atoms with van der Waals surface area (Å²) in [5.74, 6) is -4.00. The number of anilines is 1. The van der Waals surface area contributed by atoms with Crippen molar-refractivity contribution in [1.82, 2.24) is 4.31 Å². The van der Waals surface area contributed by atoms with E-state index in [0.29, 0.717) is 11.8 Å². The van der Waals surface area contributed by atoms with Crippen LogP contribution in [0.1, 0.15) is 39.2 Å². The molecule has 184 valence electrons. The van der Waals surface area contributed by atoms with Gasteiger partial charge in [0.05, 0.1) is 10.8 Å². The molecule has 0 aromatic heterocycles. The number of sulfonamides is 1. The zero-order valence-electron chi connectivity index (χ0n) is 19.3. The fourth-order valence-corrected chi connectivity index (χ4v) is 5.11. The number of ether oxygens (including phenoxy) is 1. The van der Waals surface area contributed by atoms with Crippen LogP contribution in [0.4, 0.5) is 14.5 Å². The molecule has 1 fully saturated rings. The molecule has 0 aliphatic carbocycles. The first-order valence-electron chi connectivity index (χ1n) is 10.9. The highest BCUT2D eigenvalue weighted by Crippen LogP contribution is 2.26. The van der Waals surface area contributed by atoms with Crippen LogP contribution in [-0.2, 0) is 29.8 Å². The number of carbonyl (C=O) groups excluding carboxylic acids is 2. The number of rotatable bonds is 6. The molecule has 1 amide bonds. The highest BCUT2D eigenvalue weighted by molar-refractivity contribution is 7.89. The van der Waals surface area contributed by atoms with E-state index in [1.54, 1.807) is 12.1 Å². The second-order valence-electron chi connectivity index (χ2n) is 9.24. The van der Waals surface area contributed by atoms with Crippen LogP contribution in [0, 0.1) is 17.6 Å². The monoisotopic (exact) mass is 494 g/mol. The van der Waals surface area contributed by atoms with Crippen molar-refractivity contribution in [3.05, 3.63) is 59.7 Å². The Morgan fingerprint density at radius 3 is 2.21 bits per heavy atom. The maximum absolute atomic E-state index is 13.4. The number of benzene rings is 2. The molecule has 0 unspecified atom stereocenters. The van der Waals surface area contributed by atoms with Gasteiger partial charge in [0, 0.05) is 18.8 Å². The normalized spacial score (nSPS) is 15.7. The van der Waals surface area contributed by atoms with Gasteiger partial charge in [-0.1, -0.05) is 32.9 Å². The molecule has 0 spiro atoms. The first kappa shape index (κ1) is 25.8. The number of nitrogens with one attached hydrogen (secondary N) is 1. The van der Waals surface area contributed by atoms with Gasteiger partial charge in [-0.25, -0.2) is 17.2 Å². The Kier molecular flexibility index (Phi) is 7.72. The molecule has 1 aliphatic rings. The predicted molar refractivity (Wildman–Crippen MR) is 123 cm³/mol. The Balaban J connectivity index is 1.48. The lowest BCUT2D eigenvalue weighted by molar-refractivity contribution is -0.152. The van der Waals surface area contributed by atoms with Crippen LogP contribution in [0.15, 0.2) is 47.4 Å². The summed E-state index contributed by atoms with van der Waals surface area (Å²) in [7, 11) is -4.01. The molecule has 1 N–H and O–H groups in total. The van der Waals surface area contributed by atoms with E-state index in [1.807, 2.05) is 12.1 Å². The van der Waals surface area contributed by atoms with Gasteiger partial charge in [0.1, 0.15) is 0 Å². The van der Waals surface area contributed by atoms with Crippen LogP contribution in [0.25, 0.3) is 0 Å². The summed E-state index contributed by atoms with van der Waals surface area (Å²) in [6, 6.07) is 9.81. The van der Waals surface area contributed by atoms with Crippen molar-refractivity contribution >= 4 is 27.6 Å². The van der Waals surface area contributed by atoms with Crippen LogP contribution in [-0.4, -0.2) is 44.3 Å². The summed E-state index contributed by atoms with van der Waals surface area (Å²) in [5, 5.41) is 2.67. The van der Waals surface area contributed by atoms with E-state index >= 15 is 0 Å². The maximum atomic E-state index is 13.4. The minimum absolute atomic E-state index is 0.0117. The molecule has 0 bridgehead atoms. The smallest absolute Gasteiger partial charge is 0.309 e. The van der Waals surface area contributed by atoms with Crippen molar-refractivity contribution in [2.24, 2.45) is 5.92 Å². The molecule has 0 saturated carbocycles. The number of nitrogens with zero attached hydrogens (tertiary/aromatic N) is 1. The number of hydrogen-bond donors (Lipinski definition) is 1.